The van der Waals surface area contributed by atoms with Crippen molar-refractivity contribution < 1.29 is 0 Å². The number of nitrogens with zero attached hydrogens (tertiary/aromatic N) is 1. The second-order valence-corrected chi connectivity index (χ2v) is 7.28. The topological polar surface area (TPSA) is 3.24 Å². The lowest BCUT2D eigenvalue weighted by atomic mass is 9.62. The second kappa shape index (κ2) is 4.21. The molecule has 0 radical (unpaired) electrons. The summed E-state index contributed by atoms with van der Waals surface area (Å²) in [5, 5.41) is 0. The van der Waals surface area contributed by atoms with Crippen LogP contribution in [-0.2, 0) is 0 Å². The van der Waals surface area contributed by atoms with Gasteiger partial charge in [0.2, 0.25) is 0 Å². The van der Waals surface area contributed by atoms with E-state index in [1.807, 2.05) is 0 Å². The molecular weight excluding hydrogens is 206 g/mol. The summed E-state index contributed by atoms with van der Waals surface area (Å²) in [4.78, 5) is 2.49. The van der Waals surface area contributed by atoms with Crippen molar-refractivity contribution in [2.45, 2.75) is 66.8 Å². The van der Waals surface area contributed by atoms with E-state index in [1.54, 1.807) is 0 Å². The predicted molar refractivity (Wildman–Crippen MR) is 75.9 cm³/mol. The van der Waals surface area contributed by atoms with Gasteiger partial charge in [-0.1, -0.05) is 34.3 Å². The summed E-state index contributed by atoms with van der Waals surface area (Å²) >= 11 is 0. The fourth-order valence-corrected chi connectivity index (χ4v) is 3.33. The molecule has 1 heteroatoms. The molecule has 0 unspecified atom stereocenters. The summed E-state index contributed by atoms with van der Waals surface area (Å²) < 4.78 is 0. The highest BCUT2D eigenvalue weighted by Crippen LogP contribution is 2.55. The van der Waals surface area contributed by atoms with Crippen LogP contribution in [0.15, 0.2) is 18.0 Å². The highest BCUT2D eigenvalue weighted by Gasteiger charge is 2.51. The van der Waals surface area contributed by atoms with Crippen LogP contribution in [0, 0.1) is 10.8 Å². The summed E-state index contributed by atoms with van der Waals surface area (Å²) in [7, 11) is 0. The van der Waals surface area contributed by atoms with Crippen LogP contribution in [0.3, 0.4) is 0 Å². The van der Waals surface area contributed by atoms with Gasteiger partial charge >= 0.3 is 0 Å². The molecule has 1 fully saturated rings. The SMILES string of the molecule is C=C=C1N(C(C)(C)C)CC[C@]1(CC)C(C)(C)C. The van der Waals surface area contributed by atoms with Crippen molar-refractivity contribution in [3.63, 3.8) is 0 Å². The Morgan fingerprint density at radius 3 is 2.06 bits per heavy atom. The lowest BCUT2D eigenvalue weighted by Crippen LogP contribution is -2.42. The number of allylic oxidation sites excluding steroid dienone is 1. The molecule has 0 spiro atoms. The normalized spacial score (nSPS) is 26.3. The van der Waals surface area contributed by atoms with Crippen LogP contribution >= 0.6 is 0 Å². The molecule has 1 saturated heterocycles. The summed E-state index contributed by atoms with van der Waals surface area (Å²) in [5.41, 5.74) is 5.27. The molecule has 17 heavy (non-hydrogen) atoms. The smallest absolute Gasteiger partial charge is 0.0631 e. The van der Waals surface area contributed by atoms with E-state index in [-0.39, 0.29) is 16.4 Å². The van der Waals surface area contributed by atoms with Gasteiger partial charge in [-0.05, 0) is 39.0 Å². The largest absolute Gasteiger partial charge is 0.363 e. The van der Waals surface area contributed by atoms with Crippen LogP contribution in [0.25, 0.3) is 0 Å². The van der Waals surface area contributed by atoms with Crippen molar-refractivity contribution in [3.8, 4) is 0 Å². The maximum absolute atomic E-state index is 3.96. The quantitative estimate of drug-likeness (QED) is 0.600. The third kappa shape index (κ3) is 2.18. The first-order valence-electron chi connectivity index (χ1n) is 6.78. The Bertz CT molecular complexity index is 334. The molecule has 0 amide bonds. The Kier molecular flexibility index (Phi) is 3.56. The van der Waals surface area contributed by atoms with Crippen molar-refractivity contribution in [1.82, 2.24) is 4.90 Å². The third-order valence-corrected chi connectivity index (χ3v) is 4.50. The standard InChI is InChI=1S/C16H29N/c1-9-13-16(10-2,14(3,4)5)11-12-17(13)15(6,7)8/h1,10-12H2,2-8H3/t16-/m0/s1. The molecule has 0 bridgehead atoms. The monoisotopic (exact) mass is 235 g/mol. The van der Waals surface area contributed by atoms with Gasteiger partial charge in [-0.2, -0.15) is 0 Å². The molecule has 0 N–H and O–H groups in total. The van der Waals surface area contributed by atoms with Gasteiger partial charge in [-0.15, -0.1) is 5.73 Å². The van der Waals surface area contributed by atoms with E-state index >= 15 is 0 Å². The second-order valence-electron chi connectivity index (χ2n) is 7.28. The minimum atomic E-state index is 0.169. The number of hydrogen-bond donors (Lipinski definition) is 0. The zero-order valence-corrected chi connectivity index (χ0v) is 12.8. The summed E-state index contributed by atoms with van der Waals surface area (Å²) in [6.07, 6.45) is 2.39. The van der Waals surface area contributed by atoms with E-state index in [0.717, 1.165) is 6.54 Å². The van der Waals surface area contributed by atoms with Crippen molar-refractivity contribution >= 4 is 0 Å². The van der Waals surface area contributed by atoms with Gasteiger partial charge in [0, 0.05) is 17.5 Å². The Balaban J connectivity index is 3.28. The molecule has 1 nitrogen and oxygen atoms in total. The molecule has 1 heterocycles. The Labute approximate surface area is 108 Å². The molecule has 0 saturated carbocycles. The van der Waals surface area contributed by atoms with Gasteiger partial charge < -0.3 is 4.90 Å². The summed E-state index contributed by atoms with van der Waals surface area (Å²) in [6.45, 7) is 21.3. The molecule has 1 aliphatic heterocycles. The molecular formula is C16H29N. The predicted octanol–water partition coefficient (Wildman–Crippen LogP) is 4.60. The Morgan fingerprint density at radius 2 is 1.76 bits per heavy atom. The van der Waals surface area contributed by atoms with E-state index < -0.39 is 0 Å². The Morgan fingerprint density at radius 1 is 1.24 bits per heavy atom. The van der Waals surface area contributed by atoms with Crippen molar-refractivity contribution in [2.75, 3.05) is 6.54 Å². The molecule has 0 aliphatic carbocycles. The van der Waals surface area contributed by atoms with E-state index in [0.29, 0.717) is 0 Å². The zero-order valence-electron chi connectivity index (χ0n) is 12.8. The van der Waals surface area contributed by atoms with Crippen molar-refractivity contribution in [2.24, 2.45) is 10.8 Å². The lowest BCUT2D eigenvalue weighted by molar-refractivity contribution is 0.117. The van der Waals surface area contributed by atoms with Gasteiger partial charge in [0.15, 0.2) is 0 Å². The van der Waals surface area contributed by atoms with Crippen LogP contribution < -0.4 is 0 Å². The first-order valence-corrected chi connectivity index (χ1v) is 6.78. The van der Waals surface area contributed by atoms with Crippen LogP contribution in [0.4, 0.5) is 0 Å². The summed E-state index contributed by atoms with van der Waals surface area (Å²) in [6, 6.07) is 0. The van der Waals surface area contributed by atoms with Crippen LogP contribution in [0.5, 0.6) is 0 Å². The minimum Gasteiger partial charge on any atom is -0.363 e. The highest BCUT2D eigenvalue weighted by molar-refractivity contribution is 5.22. The molecule has 0 aromatic carbocycles. The highest BCUT2D eigenvalue weighted by atomic mass is 15.2. The van der Waals surface area contributed by atoms with E-state index in [2.05, 4.69) is 65.7 Å². The maximum atomic E-state index is 3.96. The maximum Gasteiger partial charge on any atom is 0.0631 e. The molecule has 98 valence electrons. The molecule has 0 aromatic rings. The number of rotatable bonds is 1. The van der Waals surface area contributed by atoms with E-state index in [1.165, 1.54) is 18.5 Å². The molecule has 1 aliphatic rings. The van der Waals surface area contributed by atoms with Gasteiger partial charge in [-0.3, -0.25) is 0 Å². The van der Waals surface area contributed by atoms with Crippen LogP contribution in [-0.4, -0.2) is 17.0 Å². The average molecular weight is 235 g/mol. The van der Waals surface area contributed by atoms with Gasteiger partial charge in [0.1, 0.15) is 0 Å². The number of hydrogen-bond acceptors (Lipinski definition) is 1. The van der Waals surface area contributed by atoms with E-state index in [9.17, 15) is 0 Å². The fourth-order valence-electron chi connectivity index (χ4n) is 3.33. The first kappa shape index (κ1) is 14.4. The zero-order chi connectivity index (χ0) is 13.5. The van der Waals surface area contributed by atoms with Crippen LogP contribution in [0.2, 0.25) is 0 Å². The van der Waals surface area contributed by atoms with Gasteiger partial charge in [0.05, 0.1) is 5.70 Å². The molecule has 1 rings (SSSR count). The third-order valence-electron chi connectivity index (χ3n) is 4.50. The number of likely N-dealkylation sites (tertiary alicyclic amines) is 1. The fraction of sp³-hybridized carbons (Fsp3) is 0.812. The Hall–Kier alpha value is -0.680. The van der Waals surface area contributed by atoms with E-state index in [4.69, 9.17) is 0 Å². The van der Waals surface area contributed by atoms with Crippen molar-refractivity contribution in [1.29, 1.82) is 0 Å². The molecule has 0 aromatic heterocycles. The summed E-state index contributed by atoms with van der Waals surface area (Å²) in [5.74, 6) is 0. The van der Waals surface area contributed by atoms with Gasteiger partial charge in [-0.25, -0.2) is 0 Å². The van der Waals surface area contributed by atoms with Gasteiger partial charge in [0.25, 0.3) is 0 Å². The minimum absolute atomic E-state index is 0.169. The first-order chi connectivity index (χ1) is 7.60. The van der Waals surface area contributed by atoms with Crippen molar-refractivity contribution in [3.05, 3.63) is 18.0 Å². The molecule has 1 atom stereocenters. The average Bonchev–Trinajstić information content (AvgIpc) is 2.55. The lowest BCUT2D eigenvalue weighted by Gasteiger charge is -2.44. The van der Waals surface area contributed by atoms with Crippen LogP contribution in [0.1, 0.15) is 61.3 Å².